The van der Waals surface area contributed by atoms with E-state index in [0.717, 1.165) is 5.57 Å². The van der Waals surface area contributed by atoms with E-state index in [0.29, 0.717) is 12.1 Å². The Hall–Kier alpha value is -1.98. The first-order valence-electron chi connectivity index (χ1n) is 6.80. The Morgan fingerprint density at radius 1 is 1.19 bits per heavy atom. The molecule has 0 amide bonds. The van der Waals surface area contributed by atoms with E-state index in [1.54, 1.807) is 20.8 Å². The third-order valence-electron chi connectivity index (χ3n) is 2.58. The summed E-state index contributed by atoms with van der Waals surface area (Å²) in [6.45, 7) is 6.84. The van der Waals surface area contributed by atoms with E-state index in [1.807, 2.05) is 0 Å². The van der Waals surface area contributed by atoms with E-state index >= 15 is 0 Å². The van der Waals surface area contributed by atoms with Crippen LogP contribution in [0.15, 0.2) is 16.8 Å². The Balaban J connectivity index is 2.21. The number of hydrogen-bond donors (Lipinski definition) is 0. The number of rotatable bonds is 6. The van der Waals surface area contributed by atoms with Crippen molar-refractivity contribution >= 4 is 23.4 Å². The molecule has 116 valence electrons. The highest BCUT2D eigenvalue weighted by molar-refractivity contribution is 6.40. The van der Waals surface area contributed by atoms with E-state index in [1.165, 1.54) is 13.1 Å². The number of carbonyl (C=O) groups is 3. The third-order valence-corrected chi connectivity index (χ3v) is 2.58. The third kappa shape index (κ3) is 6.83. The van der Waals surface area contributed by atoms with Crippen molar-refractivity contribution in [3.63, 3.8) is 0 Å². The van der Waals surface area contributed by atoms with Crippen LogP contribution in [0.3, 0.4) is 0 Å². The molecular weight excluding hydrogens is 274 g/mol. The molecule has 6 nitrogen and oxygen atoms in total. The number of esters is 2. The van der Waals surface area contributed by atoms with Gasteiger partial charge in [-0.2, -0.15) is 0 Å². The molecule has 0 bridgehead atoms. The second-order valence-corrected chi connectivity index (χ2v) is 5.84. The highest BCUT2D eigenvalue weighted by Gasteiger charge is 2.18. The van der Waals surface area contributed by atoms with Crippen LogP contribution in [0.4, 0.5) is 0 Å². The molecular formula is C15H21NO5. The van der Waals surface area contributed by atoms with Gasteiger partial charge in [0, 0.05) is 19.5 Å². The fourth-order valence-electron chi connectivity index (χ4n) is 1.62. The van der Waals surface area contributed by atoms with E-state index in [4.69, 9.17) is 9.47 Å². The molecule has 0 N–H and O–H groups in total. The van der Waals surface area contributed by atoms with Gasteiger partial charge in [-0.25, -0.2) is 0 Å². The smallest absolute Gasteiger partial charge is 0.306 e. The number of aliphatic imine (C=N–C) groups is 1. The Morgan fingerprint density at radius 2 is 1.81 bits per heavy atom. The molecule has 0 spiro atoms. The largest absolute Gasteiger partial charge is 0.461 e. The number of nitrogens with zero attached hydrogens (tertiary/aromatic N) is 1. The second kappa shape index (κ2) is 7.15. The van der Waals surface area contributed by atoms with Gasteiger partial charge in [-0.15, -0.1) is 0 Å². The summed E-state index contributed by atoms with van der Waals surface area (Å²) < 4.78 is 10.1. The zero-order chi connectivity index (χ0) is 16.0. The lowest BCUT2D eigenvalue weighted by molar-refractivity contribution is -0.157. The minimum absolute atomic E-state index is 0.00958. The van der Waals surface area contributed by atoms with Crippen molar-refractivity contribution in [3.05, 3.63) is 11.8 Å². The Morgan fingerprint density at radius 3 is 2.33 bits per heavy atom. The lowest BCUT2D eigenvalue weighted by Gasteiger charge is -2.19. The topological polar surface area (TPSA) is 82.0 Å². The number of carbonyl (C=O) groups excluding carboxylic acids is 3. The number of Topliss-reactive ketones (excluding diaryl/α,β-unsaturated/α-hetero) is 1. The minimum atomic E-state index is -0.559. The van der Waals surface area contributed by atoms with Crippen molar-refractivity contribution in [1.82, 2.24) is 0 Å². The molecule has 0 aliphatic carbocycles. The fraction of sp³-hybridized carbons (Fsp3) is 0.600. The Kier molecular flexibility index (Phi) is 5.81. The molecule has 0 atom stereocenters. The molecule has 0 aromatic rings. The molecule has 0 fully saturated rings. The fourth-order valence-corrected chi connectivity index (χ4v) is 1.62. The van der Waals surface area contributed by atoms with Gasteiger partial charge < -0.3 is 9.47 Å². The second-order valence-electron chi connectivity index (χ2n) is 5.84. The normalized spacial score (nSPS) is 14.3. The van der Waals surface area contributed by atoms with Crippen molar-refractivity contribution in [1.29, 1.82) is 0 Å². The molecule has 0 radical (unpaired) electrons. The van der Waals surface area contributed by atoms with Gasteiger partial charge in [0.2, 0.25) is 0 Å². The van der Waals surface area contributed by atoms with Crippen molar-refractivity contribution in [2.24, 2.45) is 4.99 Å². The van der Waals surface area contributed by atoms with Crippen LogP contribution in [0.5, 0.6) is 0 Å². The highest BCUT2D eigenvalue weighted by atomic mass is 16.6. The van der Waals surface area contributed by atoms with Gasteiger partial charge in [0.1, 0.15) is 12.2 Å². The molecule has 1 aliphatic heterocycles. The molecule has 0 saturated heterocycles. The lowest BCUT2D eigenvalue weighted by Crippen LogP contribution is -2.24. The van der Waals surface area contributed by atoms with Crippen LogP contribution in [0.2, 0.25) is 0 Å². The summed E-state index contributed by atoms with van der Waals surface area (Å²) >= 11 is 0. The van der Waals surface area contributed by atoms with Crippen LogP contribution in [0.25, 0.3) is 0 Å². The number of ketones is 1. The average molecular weight is 295 g/mol. The first-order valence-corrected chi connectivity index (χ1v) is 6.80. The molecule has 6 heteroatoms. The van der Waals surface area contributed by atoms with Crippen molar-refractivity contribution < 1.29 is 23.9 Å². The maximum Gasteiger partial charge on any atom is 0.306 e. The monoisotopic (exact) mass is 295 g/mol. The molecule has 0 aromatic heterocycles. The van der Waals surface area contributed by atoms with Crippen LogP contribution in [0.1, 0.15) is 47.0 Å². The predicted molar refractivity (Wildman–Crippen MR) is 76.9 cm³/mol. The standard InChI is InChI=1S/C15H21NO5/c1-10(17)12-7-11(8-16-12)9-20-13(18)5-6-14(19)21-15(2,3)4/h8H,5-7,9H2,1-4H3. The van der Waals surface area contributed by atoms with E-state index in [9.17, 15) is 14.4 Å². The lowest BCUT2D eigenvalue weighted by atomic mass is 10.1. The van der Waals surface area contributed by atoms with E-state index < -0.39 is 17.5 Å². The maximum absolute atomic E-state index is 11.5. The predicted octanol–water partition coefficient (Wildman–Crippen LogP) is 1.97. The molecule has 0 saturated carbocycles. The summed E-state index contributed by atoms with van der Waals surface area (Å²) in [5.41, 5.74) is 0.677. The molecule has 0 unspecified atom stereocenters. The minimum Gasteiger partial charge on any atom is -0.461 e. The van der Waals surface area contributed by atoms with E-state index in [2.05, 4.69) is 4.99 Å². The molecule has 21 heavy (non-hydrogen) atoms. The summed E-state index contributed by atoms with van der Waals surface area (Å²) in [6.07, 6.45) is 1.92. The maximum atomic E-state index is 11.5. The highest BCUT2D eigenvalue weighted by Crippen LogP contribution is 2.13. The summed E-state index contributed by atoms with van der Waals surface area (Å²) in [4.78, 5) is 38.0. The van der Waals surface area contributed by atoms with Gasteiger partial charge in [0.25, 0.3) is 0 Å². The average Bonchev–Trinajstić information content (AvgIpc) is 2.80. The Labute approximate surface area is 124 Å². The van der Waals surface area contributed by atoms with Gasteiger partial charge >= 0.3 is 11.9 Å². The molecule has 1 heterocycles. The van der Waals surface area contributed by atoms with Crippen LogP contribution in [0, 0.1) is 0 Å². The van der Waals surface area contributed by atoms with Crippen LogP contribution >= 0.6 is 0 Å². The quantitative estimate of drug-likeness (QED) is 0.700. The summed E-state index contributed by atoms with van der Waals surface area (Å²) in [6, 6.07) is 0. The van der Waals surface area contributed by atoms with Crippen molar-refractivity contribution in [2.75, 3.05) is 6.61 Å². The number of hydrogen-bond acceptors (Lipinski definition) is 6. The zero-order valence-electron chi connectivity index (χ0n) is 12.9. The van der Waals surface area contributed by atoms with Gasteiger partial charge in [0.05, 0.1) is 18.6 Å². The Bertz CT molecular complexity index is 497. The molecule has 1 rings (SSSR count). The van der Waals surface area contributed by atoms with Gasteiger partial charge in [-0.1, -0.05) is 0 Å². The van der Waals surface area contributed by atoms with Crippen LogP contribution < -0.4 is 0 Å². The molecule has 1 aliphatic rings. The first kappa shape index (κ1) is 17.1. The summed E-state index contributed by atoms with van der Waals surface area (Å²) in [7, 11) is 0. The molecule has 0 aromatic carbocycles. The van der Waals surface area contributed by atoms with Crippen LogP contribution in [-0.4, -0.2) is 35.6 Å². The summed E-state index contributed by atoms with van der Waals surface area (Å²) in [5.74, 6) is -0.989. The van der Waals surface area contributed by atoms with Crippen LogP contribution in [-0.2, 0) is 23.9 Å². The van der Waals surface area contributed by atoms with E-state index in [-0.39, 0.29) is 25.2 Å². The van der Waals surface area contributed by atoms with Crippen molar-refractivity contribution in [2.45, 2.75) is 52.6 Å². The summed E-state index contributed by atoms with van der Waals surface area (Å²) in [5, 5.41) is 0. The van der Waals surface area contributed by atoms with Crippen molar-refractivity contribution in [3.8, 4) is 0 Å². The first-order chi connectivity index (χ1) is 9.67. The zero-order valence-corrected chi connectivity index (χ0v) is 12.9. The SMILES string of the molecule is CC(=O)C1=NC=C(COC(=O)CCC(=O)OC(C)(C)C)C1. The van der Waals surface area contributed by atoms with Gasteiger partial charge in [0.15, 0.2) is 5.78 Å². The van der Waals surface area contributed by atoms with Gasteiger partial charge in [-0.3, -0.25) is 19.4 Å². The number of ether oxygens (including phenoxy) is 2. The van der Waals surface area contributed by atoms with Gasteiger partial charge in [-0.05, 0) is 26.3 Å².